The van der Waals surface area contributed by atoms with Crippen LogP contribution in [0.3, 0.4) is 0 Å². The Morgan fingerprint density at radius 1 is 0.671 bits per heavy atom. The third-order valence-electron chi connectivity index (χ3n) is 14.3. The second kappa shape index (κ2) is 26.6. The van der Waals surface area contributed by atoms with Gasteiger partial charge in [0.15, 0.2) is 11.4 Å². The normalized spacial score (nSPS) is 14.9. The van der Waals surface area contributed by atoms with Gasteiger partial charge < -0.3 is 24.4 Å². The van der Waals surface area contributed by atoms with Crippen LogP contribution in [0.4, 0.5) is 15.3 Å². The summed E-state index contributed by atoms with van der Waals surface area (Å²) in [4.78, 5) is 74.9. The SMILES string of the molecule is CC(C)(C)OC(=O)c1ccn(C(=O)Oc2ccc([N+](=O)[O-])cc2)n1.Cc1ccc(CN(C)C2(C)CCN(C(=O)n3ccc(C(=O)OC(C)(C)C)n3)CC2)c(-c2nccs2)c1.Cc1ccc(CN(C)C2(C)CCNCC2)c(-c2nccs2)c1. The number of ether oxygens (including phenoxy) is 3. The predicted molar refractivity (Wildman–Crippen MR) is 317 cm³/mol. The maximum absolute atomic E-state index is 13.1. The number of thiazole rings is 2. The minimum Gasteiger partial charge on any atom is -0.455 e. The summed E-state index contributed by atoms with van der Waals surface area (Å²) in [7, 11) is 4.42. The Balaban J connectivity index is 0.000000185. The van der Waals surface area contributed by atoms with E-state index < -0.39 is 34.2 Å². The van der Waals surface area contributed by atoms with E-state index in [0.717, 1.165) is 53.7 Å². The highest BCUT2D eigenvalue weighted by Crippen LogP contribution is 2.34. The van der Waals surface area contributed by atoms with E-state index in [1.54, 1.807) is 69.1 Å². The molecular weight excluding hydrogens is 1080 g/mol. The second-order valence-corrected chi connectivity index (χ2v) is 24.9. The summed E-state index contributed by atoms with van der Waals surface area (Å²) in [6.07, 6.45) is 9.76. The van der Waals surface area contributed by atoms with Crippen molar-refractivity contribution < 1.29 is 38.3 Å². The molecule has 0 radical (unpaired) electrons. The molecule has 4 aromatic heterocycles. The summed E-state index contributed by atoms with van der Waals surface area (Å²) in [5.41, 5.74) is 6.54. The monoisotopic (exact) mass is 1160 g/mol. The van der Waals surface area contributed by atoms with E-state index in [4.69, 9.17) is 14.2 Å². The molecule has 6 heterocycles. The standard InChI is InChI=1S/C27H35N5O3S.C18H25N3S.C15H15N3O6/c1-19-7-8-20(21(17-19)23-28-12-16-36-23)18-30(6)27(5)10-14-31(15-11-27)25(34)32-13-9-22(29-32)24(33)35-26(2,3)4;1-14-4-5-15(16(12-14)17-20-10-11-22-17)13-21(3)18(2)6-8-19-9-7-18;1-15(2,3)24-13(19)12-8-9-17(16-12)14(20)23-11-6-4-10(5-7-11)18(21)22/h7-9,12-13,16-17H,10-11,14-15,18H2,1-6H3;4-5,10-12,19H,6-9,13H2,1-3H3;4-9H,1-3H3. The molecule has 0 spiro atoms. The minimum absolute atomic E-state index is 0.0365. The number of carbonyl (C=O) groups is 4. The number of non-ortho nitro benzene ring substituents is 1. The topological polar surface area (TPSA) is 222 Å². The van der Waals surface area contributed by atoms with Gasteiger partial charge in [-0.05, 0) is 170 Å². The summed E-state index contributed by atoms with van der Waals surface area (Å²) in [6.45, 7) is 24.7. The van der Waals surface area contributed by atoms with E-state index in [1.807, 2.05) is 17.8 Å². The van der Waals surface area contributed by atoms with Crippen molar-refractivity contribution in [3.05, 3.63) is 152 Å². The second-order valence-electron chi connectivity index (χ2n) is 23.1. The van der Waals surface area contributed by atoms with Crippen molar-refractivity contribution in [2.75, 3.05) is 40.3 Å². The maximum atomic E-state index is 13.1. The Bertz CT molecular complexity index is 3290. The number of esters is 2. The van der Waals surface area contributed by atoms with Gasteiger partial charge in [-0.25, -0.2) is 29.1 Å². The summed E-state index contributed by atoms with van der Waals surface area (Å²) in [5, 5.41) is 28.2. The Morgan fingerprint density at radius 2 is 1.12 bits per heavy atom. The number of nitro benzene ring substituents is 1. The van der Waals surface area contributed by atoms with Crippen LogP contribution in [0, 0.1) is 24.0 Å². The lowest BCUT2D eigenvalue weighted by Crippen LogP contribution is -2.53. The number of rotatable bonds is 12. The molecular formula is C60H75N11O9S2. The van der Waals surface area contributed by atoms with Gasteiger partial charge in [0, 0.05) is 96.1 Å². The van der Waals surface area contributed by atoms with Crippen LogP contribution in [-0.2, 0) is 22.6 Å². The molecule has 0 bridgehead atoms. The molecule has 2 aliphatic rings. The van der Waals surface area contributed by atoms with Crippen molar-refractivity contribution in [3.63, 3.8) is 0 Å². The van der Waals surface area contributed by atoms with E-state index in [2.05, 4.69) is 119 Å². The number of benzene rings is 3. The number of piperidine rings is 2. The van der Waals surface area contributed by atoms with Gasteiger partial charge >= 0.3 is 24.1 Å². The number of aromatic nitrogens is 6. The number of amides is 1. The lowest BCUT2D eigenvalue weighted by molar-refractivity contribution is -0.384. The molecule has 1 N–H and O–H groups in total. The molecule has 2 saturated heterocycles. The van der Waals surface area contributed by atoms with Crippen molar-refractivity contribution >= 4 is 52.4 Å². The van der Waals surface area contributed by atoms with Crippen molar-refractivity contribution in [3.8, 4) is 26.9 Å². The molecule has 2 fully saturated rings. The first-order valence-corrected chi connectivity index (χ1v) is 28.9. The van der Waals surface area contributed by atoms with E-state index in [9.17, 15) is 29.3 Å². The molecule has 0 atom stereocenters. The van der Waals surface area contributed by atoms with Gasteiger partial charge in [-0.1, -0.05) is 35.4 Å². The van der Waals surface area contributed by atoms with E-state index in [1.165, 1.54) is 99.7 Å². The predicted octanol–water partition coefficient (Wildman–Crippen LogP) is 11.7. The fraction of sp³-hybridized carbons (Fsp3) is 0.433. The van der Waals surface area contributed by atoms with Crippen LogP contribution >= 0.6 is 22.7 Å². The Kier molecular flexibility index (Phi) is 20.2. The van der Waals surface area contributed by atoms with Gasteiger partial charge in [0.05, 0.1) is 4.92 Å². The van der Waals surface area contributed by atoms with Crippen molar-refractivity contribution in [2.24, 2.45) is 0 Å². The lowest BCUT2D eigenvalue weighted by Gasteiger charge is -2.45. The van der Waals surface area contributed by atoms with Gasteiger partial charge in [0.25, 0.3) is 5.69 Å². The first kappa shape index (κ1) is 62.1. The Labute approximate surface area is 487 Å². The molecule has 3 aromatic carbocycles. The summed E-state index contributed by atoms with van der Waals surface area (Å²) < 4.78 is 17.6. The molecule has 436 valence electrons. The van der Waals surface area contributed by atoms with Gasteiger partial charge in [0.1, 0.15) is 27.0 Å². The Morgan fingerprint density at radius 3 is 1.56 bits per heavy atom. The third kappa shape index (κ3) is 16.8. The summed E-state index contributed by atoms with van der Waals surface area (Å²) in [5.74, 6) is -1.08. The Hall–Kier alpha value is -7.50. The molecule has 0 saturated carbocycles. The van der Waals surface area contributed by atoms with E-state index in [0.29, 0.717) is 13.1 Å². The average Bonchev–Trinajstić information content (AvgIpc) is 4.35. The van der Waals surface area contributed by atoms with Crippen LogP contribution in [0.25, 0.3) is 21.1 Å². The highest BCUT2D eigenvalue weighted by Gasteiger charge is 2.37. The van der Waals surface area contributed by atoms with Crippen LogP contribution in [0.2, 0.25) is 0 Å². The first-order valence-electron chi connectivity index (χ1n) is 27.2. The van der Waals surface area contributed by atoms with Crippen LogP contribution in [0.15, 0.2) is 108 Å². The highest BCUT2D eigenvalue weighted by atomic mass is 32.1. The zero-order valence-corrected chi connectivity index (χ0v) is 50.6. The summed E-state index contributed by atoms with van der Waals surface area (Å²) >= 11 is 3.38. The van der Waals surface area contributed by atoms with E-state index in [-0.39, 0.29) is 39.9 Å². The fourth-order valence-electron chi connectivity index (χ4n) is 9.23. The molecule has 82 heavy (non-hydrogen) atoms. The average molecular weight is 1160 g/mol. The van der Waals surface area contributed by atoms with Gasteiger partial charge in [-0.15, -0.1) is 22.7 Å². The number of likely N-dealkylation sites (tertiary alicyclic amines) is 1. The number of nitro groups is 1. The molecule has 0 aliphatic carbocycles. The van der Waals surface area contributed by atoms with Crippen LogP contribution in [0.5, 0.6) is 5.75 Å². The van der Waals surface area contributed by atoms with Crippen LogP contribution in [0.1, 0.15) is 124 Å². The molecule has 7 aromatic rings. The first-order chi connectivity index (χ1) is 38.7. The number of nitrogens with one attached hydrogen (secondary N) is 1. The fourth-order valence-corrected chi connectivity index (χ4v) is 10.6. The number of hydrogen-bond acceptors (Lipinski definition) is 18. The van der Waals surface area contributed by atoms with Crippen molar-refractivity contribution in [1.29, 1.82) is 0 Å². The molecule has 2 aliphatic heterocycles. The third-order valence-corrected chi connectivity index (χ3v) is 15.9. The number of aryl methyl sites for hydroxylation is 2. The molecule has 22 heteroatoms. The quantitative estimate of drug-likeness (QED) is 0.0682. The number of carbonyl (C=O) groups excluding carboxylic acids is 4. The van der Waals surface area contributed by atoms with Gasteiger partial charge in [-0.3, -0.25) is 19.9 Å². The van der Waals surface area contributed by atoms with Gasteiger partial charge in [-0.2, -0.15) is 19.6 Å². The highest BCUT2D eigenvalue weighted by molar-refractivity contribution is 7.13. The largest absolute Gasteiger partial charge is 0.455 e. The van der Waals surface area contributed by atoms with Gasteiger partial charge in [0.2, 0.25) is 0 Å². The molecule has 9 rings (SSSR count). The van der Waals surface area contributed by atoms with Crippen LogP contribution < -0.4 is 10.1 Å². The lowest BCUT2D eigenvalue weighted by atomic mass is 9.87. The van der Waals surface area contributed by atoms with Crippen molar-refractivity contribution in [2.45, 2.75) is 130 Å². The molecule has 20 nitrogen and oxygen atoms in total. The zero-order chi connectivity index (χ0) is 59.6. The molecule has 1 amide bonds. The zero-order valence-electron chi connectivity index (χ0n) is 48.9. The number of nitrogens with zero attached hydrogens (tertiary/aromatic N) is 10. The summed E-state index contributed by atoms with van der Waals surface area (Å²) in [6, 6.07) is 20.9. The minimum atomic E-state index is -0.862. The van der Waals surface area contributed by atoms with Crippen molar-refractivity contribution in [1.82, 2.24) is 49.5 Å². The van der Waals surface area contributed by atoms with Crippen LogP contribution in [-0.4, -0.2) is 136 Å². The number of hydrogen-bond donors (Lipinski definition) is 1. The van der Waals surface area contributed by atoms with E-state index >= 15 is 0 Å². The smallest absolute Gasteiger partial charge is 0.440 e. The molecule has 0 unspecified atom stereocenters. The maximum Gasteiger partial charge on any atom is 0.440 e.